The minimum atomic E-state index is -3.41. The van der Waals surface area contributed by atoms with Crippen molar-refractivity contribution in [1.82, 2.24) is 19.2 Å². The number of aromatic nitrogens is 2. The number of nitrogens with zero attached hydrogens (tertiary/aromatic N) is 4. The largest absolute Gasteiger partial charge is 0.384 e. The first-order chi connectivity index (χ1) is 11.6. The molecule has 24 heavy (non-hydrogen) atoms. The van der Waals surface area contributed by atoms with E-state index in [0.29, 0.717) is 26.2 Å². The topological polar surface area (TPSA) is 87.7 Å². The number of anilines is 1. The molecular formula is C15H25N5O3S. The Kier molecular flexibility index (Phi) is 5.65. The molecular weight excluding hydrogens is 330 g/mol. The summed E-state index contributed by atoms with van der Waals surface area (Å²) in [6.45, 7) is 3.17. The average Bonchev–Trinajstić information content (AvgIpc) is 3.13. The van der Waals surface area contributed by atoms with Crippen LogP contribution in [0.25, 0.3) is 0 Å². The number of methoxy groups -OCH3 is 1. The SMILES string of the molecule is COC[C@@H]1CN(c2cccnn2)CC[C@@H]1NS(=O)(=O)N1CCCC1. The molecule has 8 nitrogen and oxygen atoms in total. The van der Waals surface area contributed by atoms with Crippen LogP contribution < -0.4 is 9.62 Å². The van der Waals surface area contributed by atoms with E-state index in [4.69, 9.17) is 4.74 Å². The van der Waals surface area contributed by atoms with Gasteiger partial charge in [0, 0.05) is 51.4 Å². The van der Waals surface area contributed by atoms with Gasteiger partial charge in [0.05, 0.1) is 6.61 Å². The minimum Gasteiger partial charge on any atom is -0.384 e. The van der Waals surface area contributed by atoms with Gasteiger partial charge < -0.3 is 9.64 Å². The first-order valence-corrected chi connectivity index (χ1v) is 9.83. The Morgan fingerprint density at radius 3 is 2.79 bits per heavy atom. The number of piperidine rings is 1. The highest BCUT2D eigenvalue weighted by atomic mass is 32.2. The molecule has 0 bridgehead atoms. The van der Waals surface area contributed by atoms with Crippen LogP contribution in [0.1, 0.15) is 19.3 Å². The van der Waals surface area contributed by atoms with Crippen molar-refractivity contribution in [2.24, 2.45) is 5.92 Å². The Morgan fingerprint density at radius 1 is 1.33 bits per heavy atom. The molecule has 2 aliphatic rings. The molecule has 1 N–H and O–H groups in total. The first-order valence-electron chi connectivity index (χ1n) is 8.39. The molecule has 2 aliphatic heterocycles. The predicted octanol–water partition coefficient (Wildman–Crippen LogP) is 0.248. The molecule has 2 fully saturated rings. The third-order valence-electron chi connectivity index (χ3n) is 4.70. The second-order valence-corrected chi connectivity index (χ2v) is 8.07. The van der Waals surface area contributed by atoms with E-state index in [2.05, 4.69) is 19.8 Å². The van der Waals surface area contributed by atoms with Crippen LogP contribution in [0.15, 0.2) is 18.3 Å². The Bertz CT molecular complexity index is 621. The van der Waals surface area contributed by atoms with Crippen LogP contribution in [0.2, 0.25) is 0 Å². The maximum Gasteiger partial charge on any atom is 0.279 e. The third kappa shape index (κ3) is 4.02. The number of nitrogens with one attached hydrogen (secondary N) is 1. The van der Waals surface area contributed by atoms with Gasteiger partial charge in [0.1, 0.15) is 0 Å². The molecule has 2 saturated heterocycles. The van der Waals surface area contributed by atoms with Crippen molar-refractivity contribution in [3.63, 3.8) is 0 Å². The van der Waals surface area contributed by atoms with Crippen LogP contribution in [-0.2, 0) is 14.9 Å². The molecule has 134 valence electrons. The summed E-state index contributed by atoms with van der Waals surface area (Å²) in [6, 6.07) is 3.66. The molecule has 0 saturated carbocycles. The van der Waals surface area contributed by atoms with Gasteiger partial charge in [-0.2, -0.15) is 22.5 Å². The van der Waals surface area contributed by atoms with Crippen molar-refractivity contribution in [2.45, 2.75) is 25.3 Å². The predicted molar refractivity (Wildman–Crippen MR) is 90.9 cm³/mol. The monoisotopic (exact) mass is 355 g/mol. The Labute approximate surface area is 143 Å². The van der Waals surface area contributed by atoms with Crippen molar-refractivity contribution in [2.75, 3.05) is 44.8 Å². The molecule has 3 heterocycles. The van der Waals surface area contributed by atoms with Gasteiger partial charge in [-0.05, 0) is 31.4 Å². The summed E-state index contributed by atoms with van der Waals surface area (Å²) >= 11 is 0. The van der Waals surface area contributed by atoms with Gasteiger partial charge in [0.25, 0.3) is 10.2 Å². The molecule has 3 rings (SSSR count). The quantitative estimate of drug-likeness (QED) is 0.787. The summed E-state index contributed by atoms with van der Waals surface area (Å²) in [6.07, 6.45) is 4.24. The second kappa shape index (κ2) is 7.73. The van der Waals surface area contributed by atoms with Gasteiger partial charge in [-0.3, -0.25) is 0 Å². The van der Waals surface area contributed by atoms with Crippen LogP contribution in [-0.4, -0.2) is 68.9 Å². The van der Waals surface area contributed by atoms with Crippen LogP contribution in [0.3, 0.4) is 0 Å². The van der Waals surface area contributed by atoms with Crippen molar-refractivity contribution >= 4 is 16.0 Å². The van der Waals surface area contributed by atoms with E-state index in [0.717, 1.165) is 31.6 Å². The molecule has 1 aromatic rings. The Morgan fingerprint density at radius 2 is 2.12 bits per heavy atom. The van der Waals surface area contributed by atoms with E-state index in [1.54, 1.807) is 17.6 Å². The highest BCUT2D eigenvalue weighted by Crippen LogP contribution is 2.23. The van der Waals surface area contributed by atoms with Crippen molar-refractivity contribution < 1.29 is 13.2 Å². The fourth-order valence-corrected chi connectivity index (χ4v) is 5.02. The lowest BCUT2D eigenvalue weighted by Crippen LogP contribution is -2.55. The lowest BCUT2D eigenvalue weighted by atomic mass is 9.93. The van der Waals surface area contributed by atoms with E-state index < -0.39 is 10.2 Å². The highest BCUT2D eigenvalue weighted by Gasteiger charge is 2.35. The Hall–Kier alpha value is -1.29. The van der Waals surface area contributed by atoms with E-state index >= 15 is 0 Å². The number of ether oxygens (including phenoxy) is 1. The average molecular weight is 355 g/mol. The third-order valence-corrected chi connectivity index (χ3v) is 6.35. The minimum absolute atomic E-state index is 0.0723. The van der Waals surface area contributed by atoms with Gasteiger partial charge in [-0.1, -0.05) is 0 Å². The summed E-state index contributed by atoms with van der Waals surface area (Å²) in [4.78, 5) is 2.14. The standard InChI is InChI=1S/C15H25N5O3S/c1-23-12-13-11-19(15-5-4-7-16-17-15)10-6-14(13)18-24(21,22)20-8-2-3-9-20/h4-5,7,13-14,18H,2-3,6,8-12H2,1H3/t13-,14-/m0/s1. The zero-order valence-corrected chi connectivity index (χ0v) is 14.8. The van der Waals surface area contributed by atoms with Gasteiger partial charge >= 0.3 is 0 Å². The normalized spacial score (nSPS) is 26.0. The summed E-state index contributed by atoms with van der Waals surface area (Å²) in [5, 5.41) is 8.07. The fraction of sp³-hybridized carbons (Fsp3) is 0.733. The summed E-state index contributed by atoms with van der Waals surface area (Å²) in [7, 11) is -1.77. The van der Waals surface area contributed by atoms with Crippen molar-refractivity contribution in [3.05, 3.63) is 18.3 Å². The zero-order valence-electron chi connectivity index (χ0n) is 14.0. The van der Waals surface area contributed by atoms with Gasteiger partial charge in [0.15, 0.2) is 5.82 Å². The van der Waals surface area contributed by atoms with Crippen LogP contribution in [0.4, 0.5) is 5.82 Å². The molecule has 0 spiro atoms. The molecule has 9 heteroatoms. The van der Waals surface area contributed by atoms with Crippen molar-refractivity contribution in [3.8, 4) is 0 Å². The first kappa shape index (κ1) is 17.5. The maximum absolute atomic E-state index is 12.5. The molecule has 0 aliphatic carbocycles. The van der Waals surface area contributed by atoms with Crippen LogP contribution >= 0.6 is 0 Å². The van der Waals surface area contributed by atoms with E-state index in [9.17, 15) is 8.42 Å². The van der Waals surface area contributed by atoms with E-state index in [1.165, 1.54) is 0 Å². The lowest BCUT2D eigenvalue weighted by molar-refractivity contribution is 0.128. The van der Waals surface area contributed by atoms with Crippen molar-refractivity contribution in [1.29, 1.82) is 0 Å². The summed E-state index contributed by atoms with van der Waals surface area (Å²) in [5.41, 5.74) is 0. The molecule has 0 amide bonds. The zero-order chi connectivity index (χ0) is 17.0. The molecule has 0 aromatic carbocycles. The van der Waals surface area contributed by atoms with Gasteiger partial charge in [0.2, 0.25) is 0 Å². The molecule has 2 atom stereocenters. The smallest absolute Gasteiger partial charge is 0.279 e. The van der Waals surface area contributed by atoms with E-state index in [-0.39, 0.29) is 12.0 Å². The van der Waals surface area contributed by atoms with Crippen LogP contribution in [0.5, 0.6) is 0 Å². The maximum atomic E-state index is 12.5. The lowest BCUT2D eigenvalue weighted by Gasteiger charge is -2.39. The summed E-state index contributed by atoms with van der Waals surface area (Å²) < 4.78 is 34.9. The molecule has 0 radical (unpaired) electrons. The summed E-state index contributed by atoms with van der Waals surface area (Å²) in [5.74, 6) is 0.891. The highest BCUT2D eigenvalue weighted by molar-refractivity contribution is 7.87. The number of rotatable bonds is 6. The molecule has 0 unspecified atom stereocenters. The van der Waals surface area contributed by atoms with E-state index in [1.807, 2.05) is 12.1 Å². The van der Waals surface area contributed by atoms with Gasteiger partial charge in [-0.25, -0.2) is 0 Å². The second-order valence-electron chi connectivity index (χ2n) is 6.37. The van der Waals surface area contributed by atoms with Crippen LogP contribution in [0, 0.1) is 5.92 Å². The Balaban J connectivity index is 1.67. The molecule has 1 aromatic heterocycles. The number of hydrogen-bond acceptors (Lipinski definition) is 6. The fourth-order valence-electron chi connectivity index (χ4n) is 3.43. The van der Waals surface area contributed by atoms with Gasteiger partial charge in [-0.15, -0.1) is 5.10 Å². The number of hydrogen-bond donors (Lipinski definition) is 1.